The van der Waals surface area contributed by atoms with Crippen LogP contribution in [0.15, 0.2) is 18.2 Å². The van der Waals surface area contributed by atoms with Gasteiger partial charge in [-0.3, -0.25) is 14.9 Å². The third-order valence-electron chi connectivity index (χ3n) is 4.03. The third-order valence-corrected chi connectivity index (χ3v) is 4.03. The van der Waals surface area contributed by atoms with Gasteiger partial charge in [-0.05, 0) is 31.2 Å². The Labute approximate surface area is 98.8 Å². The molecular weight excluding hydrogens is 218 g/mol. The van der Waals surface area contributed by atoms with Crippen LogP contribution in [0.5, 0.6) is 0 Å². The molecule has 4 nitrogen and oxygen atoms in total. The molecule has 1 aromatic carbocycles. The molecule has 0 aliphatic heterocycles. The number of nitrogens with zero attached hydrogens (tertiary/aromatic N) is 1. The summed E-state index contributed by atoms with van der Waals surface area (Å²) in [5.41, 5.74) is 1.97. The summed E-state index contributed by atoms with van der Waals surface area (Å²) in [5.74, 6) is 0.432. The standard InChI is InChI=1S/C13H13NO3/c15-13-9-4-5-10(13)7-11-8(6-9)2-1-3-12(11)14(16)17/h1-3,9-10H,4-7H2. The molecule has 2 aliphatic rings. The highest BCUT2D eigenvalue weighted by molar-refractivity contribution is 5.87. The molecular formula is C13H13NO3. The van der Waals surface area contributed by atoms with Crippen molar-refractivity contribution in [3.05, 3.63) is 39.4 Å². The number of carbonyl (C=O) groups is 1. The number of Topliss-reactive ketones (excluding diaryl/α,β-unsaturated/α-hetero) is 1. The molecule has 88 valence electrons. The van der Waals surface area contributed by atoms with Crippen LogP contribution in [-0.2, 0) is 17.6 Å². The predicted octanol–water partition coefficient (Wildman–Crippen LogP) is 2.29. The first-order chi connectivity index (χ1) is 8.16. The topological polar surface area (TPSA) is 60.2 Å². The number of nitro benzene ring substituents is 1. The van der Waals surface area contributed by atoms with E-state index in [0.29, 0.717) is 18.6 Å². The first kappa shape index (κ1) is 10.4. The molecule has 1 saturated carbocycles. The zero-order valence-electron chi connectivity index (χ0n) is 9.39. The van der Waals surface area contributed by atoms with E-state index in [-0.39, 0.29) is 22.4 Å². The average Bonchev–Trinajstić information content (AvgIpc) is 2.54. The van der Waals surface area contributed by atoms with E-state index in [1.807, 2.05) is 6.07 Å². The van der Waals surface area contributed by atoms with Crippen LogP contribution in [0, 0.1) is 22.0 Å². The van der Waals surface area contributed by atoms with Crippen molar-refractivity contribution in [1.29, 1.82) is 0 Å². The first-order valence-corrected chi connectivity index (χ1v) is 5.95. The summed E-state index contributed by atoms with van der Waals surface area (Å²) in [7, 11) is 0. The fourth-order valence-electron chi connectivity index (χ4n) is 3.16. The molecule has 2 aliphatic carbocycles. The number of hydrogen-bond donors (Lipinski definition) is 0. The van der Waals surface area contributed by atoms with Gasteiger partial charge in [-0.1, -0.05) is 12.1 Å². The minimum atomic E-state index is -0.331. The Hall–Kier alpha value is -1.71. The van der Waals surface area contributed by atoms with E-state index in [1.165, 1.54) is 0 Å². The number of nitro groups is 1. The van der Waals surface area contributed by atoms with Crippen molar-refractivity contribution < 1.29 is 9.72 Å². The summed E-state index contributed by atoms with van der Waals surface area (Å²) >= 11 is 0. The number of fused-ring (bicyclic) bond motifs is 3. The van der Waals surface area contributed by atoms with Crippen molar-refractivity contribution in [2.45, 2.75) is 25.7 Å². The molecule has 0 aromatic heterocycles. The summed E-state index contributed by atoms with van der Waals surface area (Å²) in [6, 6.07) is 5.19. The largest absolute Gasteiger partial charge is 0.299 e. The van der Waals surface area contributed by atoms with E-state index >= 15 is 0 Å². The van der Waals surface area contributed by atoms with E-state index in [2.05, 4.69) is 0 Å². The molecule has 2 atom stereocenters. The Morgan fingerprint density at radius 3 is 2.59 bits per heavy atom. The van der Waals surface area contributed by atoms with E-state index < -0.39 is 0 Å². The van der Waals surface area contributed by atoms with Gasteiger partial charge < -0.3 is 0 Å². The van der Waals surface area contributed by atoms with Crippen LogP contribution in [0.1, 0.15) is 24.0 Å². The average molecular weight is 231 g/mol. The zero-order valence-corrected chi connectivity index (χ0v) is 9.39. The molecule has 0 spiro atoms. The number of hydrogen-bond acceptors (Lipinski definition) is 3. The molecule has 0 saturated heterocycles. The zero-order chi connectivity index (χ0) is 12.0. The van der Waals surface area contributed by atoms with Crippen molar-refractivity contribution >= 4 is 11.5 Å². The van der Waals surface area contributed by atoms with Gasteiger partial charge in [0.2, 0.25) is 0 Å². The highest BCUT2D eigenvalue weighted by atomic mass is 16.6. The number of rotatable bonds is 1. The fourth-order valence-corrected chi connectivity index (χ4v) is 3.16. The van der Waals surface area contributed by atoms with Gasteiger partial charge in [0.25, 0.3) is 5.69 Å². The second kappa shape index (κ2) is 3.65. The third kappa shape index (κ3) is 1.55. The van der Waals surface area contributed by atoms with Gasteiger partial charge in [0.15, 0.2) is 0 Å². The molecule has 0 heterocycles. The van der Waals surface area contributed by atoms with Crippen LogP contribution in [-0.4, -0.2) is 10.7 Å². The fraction of sp³-hybridized carbons (Fsp3) is 0.462. The molecule has 2 unspecified atom stereocenters. The van der Waals surface area contributed by atoms with Gasteiger partial charge in [0.1, 0.15) is 5.78 Å². The molecule has 1 aromatic rings. The van der Waals surface area contributed by atoms with Crippen LogP contribution in [0.3, 0.4) is 0 Å². The molecule has 0 amide bonds. The SMILES string of the molecule is O=C1C2CCC1Cc1c(cccc1[N+](=O)[O-])C2. The summed E-state index contributed by atoms with van der Waals surface area (Å²) in [4.78, 5) is 22.6. The van der Waals surface area contributed by atoms with Crippen LogP contribution < -0.4 is 0 Å². The molecule has 2 bridgehead atoms. The maximum Gasteiger partial charge on any atom is 0.272 e. The Morgan fingerprint density at radius 2 is 1.88 bits per heavy atom. The van der Waals surface area contributed by atoms with E-state index in [1.54, 1.807) is 12.1 Å². The quantitative estimate of drug-likeness (QED) is 0.550. The lowest BCUT2D eigenvalue weighted by molar-refractivity contribution is -0.385. The lowest BCUT2D eigenvalue weighted by Crippen LogP contribution is -2.13. The molecule has 4 heteroatoms. The monoisotopic (exact) mass is 231 g/mol. The molecule has 0 radical (unpaired) electrons. The van der Waals surface area contributed by atoms with Crippen LogP contribution >= 0.6 is 0 Å². The lowest BCUT2D eigenvalue weighted by atomic mass is 9.92. The van der Waals surface area contributed by atoms with Gasteiger partial charge in [-0.15, -0.1) is 0 Å². The van der Waals surface area contributed by atoms with Crippen molar-refractivity contribution in [3.8, 4) is 0 Å². The molecule has 17 heavy (non-hydrogen) atoms. The normalized spacial score (nSPS) is 26.5. The summed E-state index contributed by atoms with van der Waals surface area (Å²) < 4.78 is 0. The van der Waals surface area contributed by atoms with Crippen LogP contribution in [0.2, 0.25) is 0 Å². The number of benzene rings is 1. The van der Waals surface area contributed by atoms with Gasteiger partial charge in [-0.2, -0.15) is 0 Å². The van der Waals surface area contributed by atoms with Gasteiger partial charge in [0, 0.05) is 23.5 Å². The predicted molar refractivity (Wildman–Crippen MR) is 61.7 cm³/mol. The summed E-state index contributed by atoms with van der Waals surface area (Å²) in [5, 5.41) is 11.0. The Morgan fingerprint density at radius 1 is 1.18 bits per heavy atom. The van der Waals surface area contributed by atoms with Crippen LogP contribution in [0.25, 0.3) is 0 Å². The number of ketones is 1. The number of carbonyl (C=O) groups excluding carboxylic acids is 1. The van der Waals surface area contributed by atoms with E-state index in [4.69, 9.17) is 0 Å². The minimum absolute atomic E-state index is 0.0161. The Kier molecular flexibility index (Phi) is 2.24. The van der Waals surface area contributed by atoms with Gasteiger partial charge >= 0.3 is 0 Å². The van der Waals surface area contributed by atoms with Crippen molar-refractivity contribution in [2.75, 3.05) is 0 Å². The second-order valence-corrected chi connectivity index (χ2v) is 4.95. The van der Waals surface area contributed by atoms with E-state index in [0.717, 1.165) is 24.0 Å². The highest BCUT2D eigenvalue weighted by Gasteiger charge is 2.39. The molecule has 1 fully saturated rings. The second-order valence-electron chi connectivity index (χ2n) is 4.95. The minimum Gasteiger partial charge on any atom is -0.299 e. The molecule has 3 rings (SSSR count). The van der Waals surface area contributed by atoms with Crippen molar-refractivity contribution in [1.82, 2.24) is 0 Å². The highest BCUT2D eigenvalue weighted by Crippen LogP contribution is 2.39. The van der Waals surface area contributed by atoms with E-state index in [9.17, 15) is 14.9 Å². The van der Waals surface area contributed by atoms with Gasteiger partial charge in [0.05, 0.1) is 4.92 Å². The smallest absolute Gasteiger partial charge is 0.272 e. The van der Waals surface area contributed by atoms with Crippen molar-refractivity contribution in [3.63, 3.8) is 0 Å². The summed E-state index contributed by atoms with van der Waals surface area (Å²) in [6.45, 7) is 0. The lowest BCUT2D eigenvalue weighted by Gasteiger charge is -2.11. The first-order valence-electron chi connectivity index (χ1n) is 5.95. The maximum absolute atomic E-state index is 12.0. The maximum atomic E-state index is 12.0. The molecule has 0 N–H and O–H groups in total. The van der Waals surface area contributed by atoms with Crippen molar-refractivity contribution in [2.24, 2.45) is 11.8 Å². The Balaban J connectivity index is 2.11. The summed E-state index contributed by atoms with van der Waals surface area (Å²) in [6.07, 6.45) is 3.09. The van der Waals surface area contributed by atoms with Crippen LogP contribution in [0.4, 0.5) is 5.69 Å². The van der Waals surface area contributed by atoms with Gasteiger partial charge in [-0.25, -0.2) is 0 Å². The Bertz CT molecular complexity index is 509.